The Kier molecular flexibility index (Phi) is 6.68. The molecule has 0 bridgehead atoms. The van der Waals surface area contributed by atoms with Crippen molar-refractivity contribution in [2.75, 3.05) is 0 Å². The summed E-state index contributed by atoms with van der Waals surface area (Å²) in [6.45, 7) is 4.02. The van der Waals surface area contributed by atoms with Crippen molar-refractivity contribution in [1.29, 1.82) is 0 Å². The Morgan fingerprint density at radius 3 is 1.17 bits per heavy atom. The summed E-state index contributed by atoms with van der Waals surface area (Å²) in [4.78, 5) is 0. The maximum absolute atomic E-state index is 12.7. The second-order valence-corrected chi connectivity index (χ2v) is 5.91. The van der Waals surface area contributed by atoms with Crippen LogP contribution >= 0.6 is 0 Å². The quantitative estimate of drug-likeness (QED) is 0.550. The molecular formula is C22H22F2. The predicted molar refractivity (Wildman–Crippen MR) is 96.1 cm³/mol. The molecule has 0 heterocycles. The van der Waals surface area contributed by atoms with Crippen LogP contribution in [0.2, 0.25) is 0 Å². The number of halogens is 2. The summed E-state index contributed by atoms with van der Waals surface area (Å²) in [7, 11) is 0. The van der Waals surface area contributed by atoms with Crippen LogP contribution in [0.1, 0.15) is 22.3 Å². The van der Waals surface area contributed by atoms with E-state index in [1.54, 1.807) is 12.1 Å². The molecule has 0 aliphatic heterocycles. The Morgan fingerprint density at radius 2 is 0.792 bits per heavy atom. The van der Waals surface area contributed by atoms with Gasteiger partial charge >= 0.3 is 0 Å². The van der Waals surface area contributed by atoms with E-state index in [0.29, 0.717) is 0 Å². The van der Waals surface area contributed by atoms with E-state index in [9.17, 15) is 8.78 Å². The maximum atomic E-state index is 12.7. The number of benzene rings is 3. The summed E-state index contributed by atoms with van der Waals surface area (Å²) in [6, 6.07) is 21.7. The lowest BCUT2D eigenvalue weighted by Gasteiger charge is -2.02. The SMILES string of the molecule is Cc1ccc(CCc2ccc(F)cc2)cc1.Cc1ccc(F)cc1. The van der Waals surface area contributed by atoms with Crippen LogP contribution in [0.25, 0.3) is 0 Å². The van der Waals surface area contributed by atoms with Crippen molar-refractivity contribution >= 4 is 0 Å². The van der Waals surface area contributed by atoms with Gasteiger partial charge in [-0.15, -0.1) is 0 Å². The molecule has 0 radical (unpaired) electrons. The smallest absolute Gasteiger partial charge is 0.123 e. The van der Waals surface area contributed by atoms with E-state index in [4.69, 9.17) is 0 Å². The second-order valence-electron chi connectivity index (χ2n) is 5.91. The van der Waals surface area contributed by atoms with Gasteiger partial charge in [0, 0.05) is 0 Å². The predicted octanol–water partition coefficient (Wildman–Crippen LogP) is 6.05. The van der Waals surface area contributed by atoms with Crippen molar-refractivity contribution in [3.8, 4) is 0 Å². The summed E-state index contributed by atoms with van der Waals surface area (Å²) in [6.07, 6.45) is 1.97. The average Bonchev–Trinajstić information content (AvgIpc) is 2.59. The van der Waals surface area contributed by atoms with Crippen LogP contribution in [-0.2, 0) is 12.8 Å². The van der Waals surface area contributed by atoms with Gasteiger partial charge in [-0.3, -0.25) is 0 Å². The van der Waals surface area contributed by atoms with Crippen molar-refractivity contribution in [3.63, 3.8) is 0 Å². The van der Waals surface area contributed by atoms with Crippen LogP contribution in [0.5, 0.6) is 0 Å². The van der Waals surface area contributed by atoms with Gasteiger partial charge in [-0.05, 0) is 62.1 Å². The number of rotatable bonds is 3. The van der Waals surface area contributed by atoms with Gasteiger partial charge in [0.1, 0.15) is 11.6 Å². The maximum Gasteiger partial charge on any atom is 0.123 e. The molecule has 0 aliphatic carbocycles. The highest BCUT2D eigenvalue weighted by molar-refractivity contribution is 5.23. The monoisotopic (exact) mass is 324 g/mol. The van der Waals surface area contributed by atoms with Gasteiger partial charge in [-0.1, -0.05) is 59.7 Å². The van der Waals surface area contributed by atoms with E-state index in [-0.39, 0.29) is 11.6 Å². The van der Waals surface area contributed by atoms with Gasteiger partial charge in [0.25, 0.3) is 0 Å². The van der Waals surface area contributed by atoms with Crippen molar-refractivity contribution < 1.29 is 8.78 Å². The van der Waals surface area contributed by atoms with Gasteiger partial charge in [0.2, 0.25) is 0 Å². The molecule has 3 aromatic rings. The molecular weight excluding hydrogens is 302 g/mol. The molecule has 0 aliphatic rings. The number of hydrogen-bond donors (Lipinski definition) is 0. The molecule has 124 valence electrons. The molecule has 24 heavy (non-hydrogen) atoms. The number of hydrogen-bond acceptors (Lipinski definition) is 0. The Morgan fingerprint density at radius 1 is 0.500 bits per heavy atom. The van der Waals surface area contributed by atoms with Crippen LogP contribution in [0.15, 0.2) is 72.8 Å². The summed E-state index contributed by atoms with van der Waals surface area (Å²) in [5.74, 6) is -0.338. The lowest BCUT2D eigenvalue weighted by Crippen LogP contribution is -1.91. The largest absolute Gasteiger partial charge is 0.207 e. The van der Waals surface area contributed by atoms with E-state index >= 15 is 0 Å². The van der Waals surface area contributed by atoms with Gasteiger partial charge < -0.3 is 0 Å². The molecule has 0 aromatic heterocycles. The first-order chi connectivity index (χ1) is 11.5. The average molecular weight is 324 g/mol. The fourth-order valence-corrected chi connectivity index (χ4v) is 2.23. The summed E-state index contributed by atoms with van der Waals surface area (Å²) in [5.41, 5.74) is 4.88. The molecule has 0 fully saturated rings. The van der Waals surface area contributed by atoms with E-state index < -0.39 is 0 Å². The van der Waals surface area contributed by atoms with Gasteiger partial charge in [0.05, 0.1) is 0 Å². The van der Waals surface area contributed by atoms with E-state index in [2.05, 4.69) is 31.2 Å². The third-order valence-corrected chi connectivity index (χ3v) is 3.75. The van der Waals surface area contributed by atoms with Crippen LogP contribution < -0.4 is 0 Å². The third-order valence-electron chi connectivity index (χ3n) is 3.75. The fourth-order valence-electron chi connectivity index (χ4n) is 2.23. The van der Waals surface area contributed by atoms with Crippen molar-refractivity contribution in [2.45, 2.75) is 26.7 Å². The molecule has 2 heteroatoms. The number of aryl methyl sites for hydroxylation is 4. The molecule has 0 saturated carbocycles. The minimum absolute atomic E-state index is 0.168. The topological polar surface area (TPSA) is 0 Å². The van der Waals surface area contributed by atoms with Crippen LogP contribution in [0.3, 0.4) is 0 Å². The van der Waals surface area contributed by atoms with Crippen LogP contribution in [-0.4, -0.2) is 0 Å². The minimum atomic E-state index is -0.171. The zero-order valence-corrected chi connectivity index (χ0v) is 14.1. The second kappa shape index (κ2) is 8.97. The highest BCUT2D eigenvalue weighted by Gasteiger charge is 1.96. The Balaban J connectivity index is 0.000000219. The highest BCUT2D eigenvalue weighted by Crippen LogP contribution is 2.09. The Hall–Kier alpha value is -2.48. The first-order valence-electron chi connectivity index (χ1n) is 8.05. The third kappa shape index (κ3) is 6.33. The summed E-state index contributed by atoms with van der Waals surface area (Å²) in [5, 5.41) is 0. The van der Waals surface area contributed by atoms with E-state index in [0.717, 1.165) is 18.4 Å². The van der Waals surface area contributed by atoms with Gasteiger partial charge in [-0.25, -0.2) is 8.78 Å². The first-order valence-corrected chi connectivity index (χ1v) is 8.05. The van der Waals surface area contributed by atoms with E-state index in [1.807, 2.05) is 19.1 Å². The summed E-state index contributed by atoms with van der Waals surface area (Å²) >= 11 is 0. The lowest BCUT2D eigenvalue weighted by atomic mass is 10.0. The Labute approximate surface area is 142 Å². The Bertz CT molecular complexity index is 660. The van der Waals surface area contributed by atoms with Gasteiger partial charge in [0.15, 0.2) is 0 Å². The molecule has 3 rings (SSSR count). The molecule has 0 nitrogen and oxygen atoms in total. The van der Waals surface area contributed by atoms with Crippen molar-refractivity contribution in [3.05, 3.63) is 107 Å². The lowest BCUT2D eigenvalue weighted by molar-refractivity contribution is 0.626. The van der Waals surface area contributed by atoms with Crippen molar-refractivity contribution in [2.24, 2.45) is 0 Å². The highest BCUT2D eigenvalue weighted by atomic mass is 19.1. The standard InChI is InChI=1S/C15H15F.C7H7F/c1-12-2-4-13(5-3-12)6-7-14-8-10-15(16)11-9-14;1-6-2-4-7(8)5-3-6/h2-5,8-11H,6-7H2,1H3;2-5H,1H3. The first kappa shape index (κ1) is 17.9. The van der Waals surface area contributed by atoms with Crippen molar-refractivity contribution in [1.82, 2.24) is 0 Å². The molecule has 0 amide bonds. The molecule has 0 N–H and O–H groups in total. The molecule has 0 unspecified atom stereocenters. The van der Waals surface area contributed by atoms with Crippen LogP contribution in [0, 0.1) is 25.5 Å². The van der Waals surface area contributed by atoms with Gasteiger partial charge in [-0.2, -0.15) is 0 Å². The summed E-state index contributed by atoms with van der Waals surface area (Å²) < 4.78 is 24.8. The molecule has 3 aromatic carbocycles. The zero-order valence-electron chi connectivity index (χ0n) is 14.1. The molecule has 0 atom stereocenters. The molecule has 0 spiro atoms. The fraction of sp³-hybridized carbons (Fsp3) is 0.182. The van der Waals surface area contributed by atoms with Crippen LogP contribution in [0.4, 0.5) is 8.78 Å². The normalized spacial score (nSPS) is 10.0. The minimum Gasteiger partial charge on any atom is -0.207 e. The molecule has 0 saturated heterocycles. The van der Waals surface area contributed by atoms with E-state index in [1.165, 1.54) is 41.0 Å². The zero-order chi connectivity index (χ0) is 17.4.